The maximum atomic E-state index is 12.9. The Balaban J connectivity index is 1.86. The van der Waals surface area contributed by atoms with Crippen molar-refractivity contribution in [2.45, 2.75) is 31.7 Å². The highest BCUT2D eigenvalue weighted by molar-refractivity contribution is 7.89. The van der Waals surface area contributed by atoms with E-state index in [0.717, 1.165) is 22.8 Å². The number of hydrogen-bond donors (Lipinski definition) is 1. The van der Waals surface area contributed by atoms with Crippen molar-refractivity contribution in [2.75, 3.05) is 0 Å². The number of sulfonamides is 1. The molecule has 0 heterocycles. The van der Waals surface area contributed by atoms with Crippen LogP contribution in [0, 0.1) is 24.0 Å². The van der Waals surface area contributed by atoms with Crippen molar-refractivity contribution >= 4 is 15.7 Å². The summed E-state index contributed by atoms with van der Waals surface area (Å²) in [5, 5.41) is 11.1. The predicted molar refractivity (Wildman–Crippen MR) is 113 cm³/mol. The van der Waals surface area contributed by atoms with Gasteiger partial charge in [0.1, 0.15) is 0 Å². The third kappa shape index (κ3) is 4.52. The van der Waals surface area contributed by atoms with Crippen LogP contribution in [-0.2, 0) is 10.0 Å². The van der Waals surface area contributed by atoms with E-state index in [1.165, 1.54) is 6.07 Å². The summed E-state index contributed by atoms with van der Waals surface area (Å²) in [5.41, 5.74) is 3.72. The van der Waals surface area contributed by atoms with E-state index in [1.54, 1.807) is 20.8 Å². The molecule has 150 valence electrons. The molecule has 3 aromatic carbocycles. The summed E-state index contributed by atoms with van der Waals surface area (Å²) in [6, 6.07) is 19.5. The number of nitro benzene ring substituents is 1. The highest BCUT2D eigenvalue weighted by Crippen LogP contribution is 2.27. The summed E-state index contributed by atoms with van der Waals surface area (Å²) >= 11 is 0. The fourth-order valence-electron chi connectivity index (χ4n) is 3.15. The molecule has 0 spiro atoms. The zero-order valence-corrected chi connectivity index (χ0v) is 17.2. The van der Waals surface area contributed by atoms with E-state index < -0.39 is 21.0 Å². The molecular weight excluding hydrogens is 388 g/mol. The number of nitro groups is 1. The first kappa shape index (κ1) is 20.7. The predicted octanol–water partition coefficient (Wildman–Crippen LogP) is 4.92. The van der Waals surface area contributed by atoms with Crippen molar-refractivity contribution in [1.29, 1.82) is 0 Å². The van der Waals surface area contributed by atoms with Crippen LogP contribution in [0.2, 0.25) is 0 Å². The highest BCUT2D eigenvalue weighted by atomic mass is 32.2. The minimum absolute atomic E-state index is 0.0723. The molecule has 0 saturated carbocycles. The standard InChI is InChI=1S/C22H22N2O4S/c1-15-13-21(24(25)26)14-22(16(15)2)29(27,28)23-17(3)18-9-11-20(12-10-18)19-7-5-4-6-8-19/h4-14,17,23H,1-3H3. The molecule has 0 aliphatic rings. The van der Waals surface area contributed by atoms with Gasteiger partial charge in [-0.25, -0.2) is 13.1 Å². The Hall–Kier alpha value is -3.03. The van der Waals surface area contributed by atoms with Gasteiger partial charge in [0.05, 0.1) is 9.82 Å². The summed E-state index contributed by atoms with van der Waals surface area (Å²) in [7, 11) is -3.93. The second-order valence-electron chi connectivity index (χ2n) is 6.97. The number of aryl methyl sites for hydroxylation is 1. The summed E-state index contributed by atoms with van der Waals surface area (Å²) in [6.07, 6.45) is 0. The Morgan fingerprint density at radius 3 is 2.10 bits per heavy atom. The molecule has 6 nitrogen and oxygen atoms in total. The number of hydrogen-bond acceptors (Lipinski definition) is 4. The largest absolute Gasteiger partial charge is 0.271 e. The van der Waals surface area contributed by atoms with E-state index in [0.29, 0.717) is 11.1 Å². The third-order valence-corrected chi connectivity index (χ3v) is 6.62. The molecule has 0 radical (unpaired) electrons. The molecule has 0 bridgehead atoms. The van der Waals surface area contributed by atoms with Crippen molar-refractivity contribution in [3.63, 3.8) is 0 Å². The highest BCUT2D eigenvalue weighted by Gasteiger charge is 2.24. The zero-order valence-electron chi connectivity index (χ0n) is 16.4. The van der Waals surface area contributed by atoms with Crippen molar-refractivity contribution in [3.05, 3.63) is 93.5 Å². The van der Waals surface area contributed by atoms with E-state index in [4.69, 9.17) is 0 Å². The van der Waals surface area contributed by atoms with Crippen molar-refractivity contribution < 1.29 is 13.3 Å². The summed E-state index contributed by atoms with van der Waals surface area (Å²) in [6.45, 7) is 5.05. The maximum absolute atomic E-state index is 12.9. The average Bonchev–Trinajstić information content (AvgIpc) is 2.70. The van der Waals surface area contributed by atoms with E-state index in [9.17, 15) is 18.5 Å². The molecular formula is C22H22N2O4S. The monoisotopic (exact) mass is 410 g/mol. The lowest BCUT2D eigenvalue weighted by Gasteiger charge is -2.17. The van der Waals surface area contributed by atoms with Gasteiger partial charge in [-0.2, -0.15) is 0 Å². The molecule has 0 aliphatic heterocycles. The first-order chi connectivity index (χ1) is 13.7. The fraction of sp³-hybridized carbons (Fsp3) is 0.182. The van der Waals surface area contributed by atoms with Gasteiger partial charge in [0, 0.05) is 18.2 Å². The Morgan fingerprint density at radius 1 is 0.931 bits per heavy atom. The summed E-state index contributed by atoms with van der Waals surface area (Å²) in [4.78, 5) is 10.5. The molecule has 0 saturated heterocycles. The second-order valence-corrected chi connectivity index (χ2v) is 8.66. The SMILES string of the molecule is Cc1cc([N+](=O)[O-])cc(S(=O)(=O)NC(C)c2ccc(-c3ccccc3)cc2)c1C. The zero-order chi connectivity index (χ0) is 21.2. The van der Waals surface area contributed by atoms with Gasteiger partial charge in [-0.1, -0.05) is 54.6 Å². The van der Waals surface area contributed by atoms with Gasteiger partial charge in [0.15, 0.2) is 0 Å². The lowest BCUT2D eigenvalue weighted by Crippen LogP contribution is -2.27. The van der Waals surface area contributed by atoms with Crippen LogP contribution in [-0.4, -0.2) is 13.3 Å². The maximum Gasteiger partial charge on any atom is 0.271 e. The van der Waals surface area contributed by atoms with Crippen molar-refractivity contribution in [1.82, 2.24) is 4.72 Å². The second kappa shape index (κ2) is 8.14. The molecule has 1 unspecified atom stereocenters. The first-order valence-corrected chi connectivity index (χ1v) is 10.6. The van der Waals surface area contributed by atoms with Crippen LogP contribution in [0.5, 0.6) is 0 Å². The summed E-state index contributed by atoms with van der Waals surface area (Å²) in [5.74, 6) is 0. The van der Waals surface area contributed by atoms with Gasteiger partial charge in [-0.05, 0) is 48.6 Å². The van der Waals surface area contributed by atoms with Gasteiger partial charge in [-0.3, -0.25) is 10.1 Å². The number of nitrogens with one attached hydrogen (secondary N) is 1. The van der Waals surface area contributed by atoms with Gasteiger partial charge < -0.3 is 0 Å². The normalized spacial score (nSPS) is 12.5. The molecule has 0 amide bonds. The Morgan fingerprint density at radius 2 is 1.52 bits per heavy atom. The van der Waals surface area contributed by atoms with E-state index >= 15 is 0 Å². The molecule has 0 aliphatic carbocycles. The van der Waals surface area contributed by atoms with Gasteiger partial charge in [0.2, 0.25) is 10.0 Å². The van der Waals surface area contributed by atoms with Crippen LogP contribution in [0.4, 0.5) is 5.69 Å². The number of non-ortho nitro benzene ring substituents is 1. The van der Waals surface area contributed by atoms with Crippen molar-refractivity contribution in [2.24, 2.45) is 0 Å². The Bertz CT molecular complexity index is 1140. The molecule has 1 atom stereocenters. The van der Waals surface area contributed by atoms with Crippen LogP contribution in [0.3, 0.4) is 0 Å². The van der Waals surface area contributed by atoms with Gasteiger partial charge in [0.25, 0.3) is 5.69 Å². The number of nitrogens with zero attached hydrogens (tertiary/aromatic N) is 1. The van der Waals surface area contributed by atoms with Gasteiger partial charge in [-0.15, -0.1) is 0 Å². The Kier molecular flexibility index (Phi) is 5.81. The molecule has 7 heteroatoms. The minimum atomic E-state index is -3.93. The smallest absolute Gasteiger partial charge is 0.258 e. The van der Waals surface area contributed by atoms with Crippen LogP contribution in [0.25, 0.3) is 11.1 Å². The quantitative estimate of drug-likeness (QED) is 0.461. The van der Waals surface area contributed by atoms with Crippen molar-refractivity contribution in [3.8, 4) is 11.1 Å². The number of rotatable bonds is 6. The third-order valence-electron chi connectivity index (χ3n) is 4.95. The fourth-order valence-corrected chi connectivity index (χ4v) is 4.72. The topological polar surface area (TPSA) is 89.3 Å². The first-order valence-electron chi connectivity index (χ1n) is 9.12. The van der Waals surface area contributed by atoms with E-state index in [2.05, 4.69) is 4.72 Å². The minimum Gasteiger partial charge on any atom is -0.258 e. The molecule has 0 aromatic heterocycles. The molecule has 0 fully saturated rings. The van der Waals surface area contributed by atoms with Gasteiger partial charge >= 0.3 is 0 Å². The van der Waals surface area contributed by atoms with E-state index in [-0.39, 0.29) is 10.6 Å². The molecule has 3 aromatic rings. The number of benzene rings is 3. The lowest BCUT2D eigenvalue weighted by atomic mass is 10.0. The molecule has 3 rings (SSSR count). The van der Waals surface area contributed by atoms with E-state index in [1.807, 2.05) is 54.6 Å². The molecule has 1 N–H and O–H groups in total. The van der Waals surface area contributed by atoms with Crippen LogP contribution < -0.4 is 4.72 Å². The molecule has 29 heavy (non-hydrogen) atoms. The Labute approximate surface area is 170 Å². The summed E-state index contributed by atoms with van der Waals surface area (Å²) < 4.78 is 28.5. The van der Waals surface area contributed by atoms with Crippen LogP contribution in [0.1, 0.15) is 29.7 Å². The van der Waals surface area contributed by atoms with Crippen LogP contribution >= 0.6 is 0 Å². The lowest BCUT2D eigenvalue weighted by molar-refractivity contribution is -0.385. The van der Waals surface area contributed by atoms with Crippen LogP contribution in [0.15, 0.2) is 71.6 Å². The average molecular weight is 410 g/mol.